The monoisotopic (exact) mass is 300 g/mol. The van der Waals surface area contributed by atoms with E-state index in [-0.39, 0.29) is 17.4 Å². The van der Waals surface area contributed by atoms with Gasteiger partial charge in [-0.1, -0.05) is 18.2 Å². The molecule has 0 unspecified atom stereocenters. The molecule has 0 bridgehead atoms. The fourth-order valence-corrected chi connectivity index (χ4v) is 1.71. The minimum atomic E-state index is -0.901. The second-order valence-electron chi connectivity index (χ2n) is 4.43. The standard InChI is InChI=1S/C16H16N2O4/c1-11(14(19)17-2)21-16(20)13-9-6-10-18-15(13)22-12-7-4-3-5-8-12/h3-11H,1-2H3,(H,17,19)/t11-/m0/s1. The van der Waals surface area contributed by atoms with Crippen LogP contribution in [0.1, 0.15) is 17.3 Å². The molecule has 6 nitrogen and oxygen atoms in total. The van der Waals surface area contributed by atoms with Gasteiger partial charge in [-0.25, -0.2) is 9.78 Å². The van der Waals surface area contributed by atoms with E-state index in [2.05, 4.69) is 10.3 Å². The van der Waals surface area contributed by atoms with E-state index in [1.54, 1.807) is 18.2 Å². The van der Waals surface area contributed by atoms with Gasteiger partial charge in [-0.15, -0.1) is 0 Å². The summed E-state index contributed by atoms with van der Waals surface area (Å²) in [6.45, 7) is 1.49. The van der Waals surface area contributed by atoms with Crippen molar-refractivity contribution in [2.75, 3.05) is 7.05 Å². The quantitative estimate of drug-likeness (QED) is 0.856. The number of pyridine rings is 1. The molecule has 0 aliphatic carbocycles. The maximum Gasteiger partial charge on any atom is 0.344 e. The van der Waals surface area contributed by atoms with Gasteiger partial charge in [0, 0.05) is 13.2 Å². The number of likely N-dealkylation sites (N-methyl/N-ethyl adjacent to an activating group) is 1. The van der Waals surface area contributed by atoms with Crippen molar-refractivity contribution < 1.29 is 19.1 Å². The first-order chi connectivity index (χ1) is 10.6. The van der Waals surface area contributed by atoms with Crippen molar-refractivity contribution in [1.82, 2.24) is 10.3 Å². The third-order valence-corrected chi connectivity index (χ3v) is 2.85. The van der Waals surface area contributed by atoms with Crippen molar-refractivity contribution in [3.63, 3.8) is 0 Å². The van der Waals surface area contributed by atoms with Gasteiger partial charge < -0.3 is 14.8 Å². The molecule has 114 valence electrons. The Balaban J connectivity index is 2.17. The normalized spacial score (nSPS) is 11.4. The van der Waals surface area contributed by atoms with Gasteiger partial charge >= 0.3 is 5.97 Å². The first kappa shape index (κ1) is 15.5. The topological polar surface area (TPSA) is 77.5 Å². The molecule has 1 amide bonds. The van der Waals surface area contributed by atoms with Gasteiger partial charge in [0.2, 0.25) is 5.88 Å². The molecular weight excluding hydrogens is 284 g/mol. The predicted molar refractivity (Wildman–Crippen MR) is 79.7 cm³/mol. The number of nitrogens with one attached hydrogen (secondary N) is 1. The number of rotatable bonds is 5. The van der Waals surface area contributed by atoms with Crippen molar-refractivity contribution in [2.24, 2.45) is 0 Å². The van der Waals surface area contributed by atoms with Crippen LogP contribution in [0.5, 0.6) is 11.6 Å². The Morgan fingerprint density at radius 3 is 2.55 bits per heavy atom. The van der Waals surface area contributed by atoms with E-state index in [1.807, 2.05) is 18.2 Å². The summed E-state index contributed by atoms with van der Waals surface area (Å²) in [5, 5.41) is 2.41. The highest BCUT2D eigenvalue weighted by Crippen LogP contribution is 2.23. The van der Waals surface area contributed by atoms with Crippen molar-refractivity contribution in [3.8, 4) is 11.6 Å². The van der Waals surface area contributed by atoms with Gasteiger partial charge in [0.1, 0.15) is 11.3 Å². The lowest BCUT2D eigenvalue weighted by Crippen LogP contribution is -2.33. The molecule has 2 aromatic rings. The molecule has 1 atom stereocenters. The van der Waals surface area contributed by atoms with E-state index < -0.39 is 12.1 Å². The number of nitrogens with zero attached hydrogens (tertiary/aromatic N) is 1. The van der Waals surface area contributed by atoms with Crippen LogP contribution in [0.4, 0.5) is 0 Å². The number of hydrogen-bond donors (Lipinski definition) is 1. The molecule has 1 heterocycles. The Bertz CT molecular complexity index is 658. The first-order valence-corrected chi connectivity index (χ1v) is 6.72. The summed E-state index contributed by atoms with van der Waals surface area (Å²) < 4.78 is 10.7. The van der Waals surface area contributed by atoms with Gasteiger partial charge in [-0.05, 0) is 31.2 Å². The summed E-state index contributed by atoms with van der Waals surface area (Å²) in [6.07, 6.45) is 0.610. The summed E-state index contributed by atoms with van der Waals surface area (Å²) in [7, 11) is 1.47. The number of hydrogen-bond acceptors (Lipinski definition) is 5. The summed E-state index contributed by atoms with van der Waals surface area (Å²) >= 11 is 0. The second-order valence-corrected chi connectivity index (χ2v) is 4.43. The zero-order valence-corrected chi connectivity index (χ0v) is 12.3. The Morgan fingerprint density at radius 1 is 1.14 bits per heavy atom. The van der Waals surface area contributed by atoms with Crippen molar-refractivity contribution >= 4 is 11.9 Å². The number of ether oxygens (including phenoxy) is 2. The first-order valence-electron chi connectivity index (χ1n) is 6.72. The summed E-state index contributed by atoms with van der Waals surface area (Å²) in [4.78, 5) is 27.6. The van der Waals surface area contributed by atoms with Crippen LogP contribution in [-0.2, 0) is 9.53 Å². The highest BCUT2D eigenvalue weighted by molar-refractivity contribution is 5.94. The molecular formula is C16H16N2O4. The lowest BCUT2D eigenvalue weighted by atomic mass is 10.2. The largest absolute Gasteiger partial charge is 0.449 e. The lowest BCUT2D eigenvalue weighted by molar-refractivity contribution is -0.128. The van der Waals surface area contributed by atoms with Gasteiger partial charge in [0.05, 0.1) is 0 Å². The molecule has 0 aliphatic rings. The fraction of sp³-hybridized carbons (Fsp3) is 0.188. The van der Waals surface area contributed by atoms with Crippen LogP contribution in [0.3, 0.4) is 0 Å². The Labute approximate surface area is 128 Å². The summed E-state index contributed by atoms with van der Waals surface area (Å²) in [6, 6.07) is 12.1. The average Bonchev–Trinajstić information content (AvgIpc) is 2.55. The van der Waals surface area contributed by atoms with E-state index in [4.69, 9.17) is 9.47 Å². The van der Waals surface area contributed by atoms with Crippen LogP contribution in [0, 0.1) is 0 Å². The third kappa shape index (κ3) is 3.82. The van der Waals surface area contributed by atoms with E-state index >= 15 is 0 Å². The molecule has 0 saturated heterocycles. The molecule has 6 heteroatoms. The highest BCUT2D eigenvalue weighted by Gasteiger charge is 2.21. The van der Waals surface area contributed by atoms with Crippen LogP contribution in [-0.4, -0.2) is 30.0 Å². The third-order valence-electron chi connectivity index (χ3n) is 2.85. The molecule has 0 spiro atoms. The average molecular weight is 300 g/mol. The zero-order chi connectivity index (χ0) is 15.9. The number of para-hydroxylation sites is 1. The zero-order valence-electron chi connectivity index (χ0n) is 12.3. The fourth-order valence-electron chi connectivity index (χ4n) is 1.71. The molecule has 0 saturated carbocycles. The minimum absolute atomic E-state index is 0.128. The Hall–Kier alpha value is -2.89. The van der Waals surface area contributed by atoms with E-state index in [9.17, 15) is 9.59 Å². The van der Waals surface area contributed by atoms with Crippen LogP contribution in [0.15, 0.2) is 48.7 Å². The van der Waals surface area contributed by atoms with Crippen LogP contribution in [0.25, 0.3) is 0 Å². The van der Waals surface area contributed by atoms with Crippen LogP contribution in [0.2, 0.25) is 0 Å². The summed E-state index contributed by atoms with van der Waals surface area (Å²) in [5.41, 5.74) is 0.155. The number of amides is 1. The Morgan fingerprint density at radius 2 is 1.86 bits per heavy atom. The number of carbonyl (C=O) groups excluding carboxylic acids is 2. The van der Waals surface area contributed by atoms with E-state index in [0.29, 0.717) is 5.75 Å². The van der Waals surface area contributed by atoms with Gasteiger partial charge in [-0.3, -0.25) is 4.79 Å². The molecule has 2 rings (SSSR count). The maximum absolute atomic E-state index is 12.2. The SMILES string of the molecule is CNC(=O)[C@H](C)OC(=O)c1cccnc1Oc1ccccc1. The smallest absolute Gasteiger partial charge is 0.344 e. The molecule has 1 aromatic heterocycles. The molecule has 0 radical (unpaired) electrons. The number of carbonyl (C=O) groups is 2. The van der Waals surface area contributed by atoms with Crippen LogP contribution >= 0.6 is 0 Å². The van der Waals surface area contributed by atoms with Gasteiger partial charge in [0.15, 0.2) is 6.10 Å². The predicted octanol–water partition coefficient (Wildman–Crippen LogP) is 2.17. The molecule has 22 heavy (non-hydrogen) atoms. The highest BCUT2D eigenvalue weighted by atomic mass is 16.6. The minimum Gasteiger partial charge on any atom is -0.449 e. The molecule has 0 aliphatic heterocycles. The second kappa shape index (κ2) is 7.21. The van der Waals surface area contributed by atoms with Gasteiger partial charge in [0.25, 0.3) is 5.91 Å². The van der Waals surface area contributed by atoms with Gasteiger partial charge in [-0.2, -0.15) is 0 Å². The molecule has 0 fully saturated rings. The van der Waals surface area contributed by atoms with Crippen molar-refractivity contribution in [1.29, 1.82) is 0 Å². The lowest BCUT2D eigenvalue weighted by Gasteiger charge is -2.13. The molecule has 1 aromatic carbocycles. The van der Waals surface area contributed by atoms with Crippen LogP contribution < -0.4 is 10.1 Å². The van der Waals surface area contributed by atoms with E-state index in [0.717, 1.165) is 0 Å². The number of aromatic nitrogens is 1. The molecule has 1 N–H and O–H groups in total. The summed E-state index contributed by atoms with van der Waals surface area (Å²) in [5.74, 6) is -0.379. The Kier molecular flexibility index (Phi) is 5.08. The van der Waals surface area contributed by atoms with Crippen molar-refractivity contribution in [3.05, 3.63) is 54.2 Å². The number of esters is 1. The van der Waals surface area contributed by atoms with Crippen molar-refractivity contribution in [2.45, 2.75) is 13.0 Å². The maximum atomic E-state index is 12.2. The van der Waals surface area contributed by atoms with E-state index in [1.165, 1.54) is 26.2 Å². The number of benzene rings is 1.